The summed E-state index contributed by atoms with van der Waals surface area (Å²) in [6.45, 7) is 9.57. The molecule has 1 aromatic carbocycles. The summed E-state index contributed by atoms with van der Waals surface area (Å²) in [4.78, 5) is 12.6. The minimum absolute atomic E-state index is 0.114. The Morgan fingerprint density at radius 3 is 2.35 bits per heavy atom. The second kappa shape index (κ2) is 8.84. The Labute approximate surface area is 158 Å². The SMILES string of the molecule is CCCC(C)(C(=O)NC(=S)NC(C)c1cccc(C(F)(F)F)c1)C(C)C. The van der Waals surface area contributed by atoms with Gasteiger partial charge in [0.15, 0.2) is 5.11 Å². The quantitative estimate of drug-likeness (QED) is 0.657. The van der Waals surface area contributed by atoms with Crippen LogP contribution >= 0.6 is 12.2 Å². The van der Waals surface area contributed by atoms with Gasteiger partial charge in [0, 0.05) is 5.41 Å². The Morgan fingerprint density at radius 1 is 1.23 bits per heavy atom. The van der Waals surface area contributed by atoms with E-state index >= 15 is 0 Å². The number of hydrogen-bond donors (Lipinski definition) is 2. The molecule has 0 saturated heterocycles. The molecule has 146 valence electrons. The van der Waals surface area contributed by atoms with Gasteiger partial charge in [-0.2, -0.15) is 13.2 Å². The summed E-state index contributed by atoms with van der Waals surface area (Å²) in [5.74, 6) is -0.0470. The van der Waals surface area contributed by atoms with E-state index in [1.165, 1.54) is 6.07 Å². The van der Waals surface area contributed by atoms with Crippen LogP contribution in [-0.4, -0.2) is 11.0 Å². The van der Waals surface area contributed by atoms with Crippen LogP contribution in [0.5, 0.6) is 0 Å². The van der Waals surface area contributed by atoms with Crippen LogP contribution in [0.3, 0.4) is 0 Å². The average molecular weight is 388 g/mol. The van der Waals surface area contributed by atoms with E-state index in [1.54, 1.807) is 13.0 Å². The smallest absolute Gasteiger partial charge is 0.356 e. The molecule has 0 bridgehead atoms. The van der Waals surface area contributed by atoms with Crippen molar-refractivity contribution in [2.75, 3.05) is 0 Å². The molecule has 2 N–H and O–H groups in total. The third-order valence-electron chi connectivity index (χ3n) is 4.85. The van der Waals surface area contributed by atoms with Crippen molar-refractivity contribution in [3.05, 3.63) is 35.4 Å². The summed E-state index contributed by atoms with van der Waals surface area (Å²) in [6, 6.07) is 4.58. The number of rotatable bonds is 6. The first-order valence-electron chi connectivity index (χ1n) is 8.71. The monoisotopic (exact) mass is 388 g/mol. The Kier molecular flexibility index (Phi) is 7.62. The van der Waals surface area contributed by atoms with Crippen LogP contribution in [0, 0.1) is 11.3 Å². The molecule has 0 aromatic heterocycles. The zero-order valence-electron chi connectivity index (χ0n) is 15.8. The average Bonchev–Trinajstić information content (AvgIpc) is 2.53. The topological polar surface area (TPSA) is 41.1 Å². The second-order valence-electron chi connectivity index (χ2n) is 7.09. The van der Waals surface area contributed by atoms with E-state index in [1.807, 2.05) is 27.7 Å². The van der Waals surface area contributed by atoms with E-state index in [4.69, 9.17) is 12.2 Å². The van der Waals surface area contributed by atoms with Crippen molar-refractivity contribution >= 4 is 23.2 Å². The van der Waals surface area contributed by atoms with E-state index in [0.29, 0.717) is 5.56 Å². The van der Waals surface area contributed by atoms with Crippen molar-refractivity contribution in [2.24, 2.45) is 11.3 Å². The lowest BCUT2D eigenvalue weighted by Crippen LogP contribution is -2.48. The maximum absolute atomic E-state index is 12.8. The van der Waals surface area contributed by atoms with E-state index in [2.05, 4.69) is 10.6 Å². The number of carbonyl (C=O) groups is 1. The Bertz CT molecular complexity index is 646. The van der Waals surface area contributed by atoms with Crippen LogP contribution in [-0.2, 0) is 11.0 Å². The van der Waals surface area contributed by atoms with Crippen molar-refractivity contribution in [2.45, 2.75) is 59.7 Å². The molecule has 0 aliphatic carbocycles. The molecule has 0 saturated carbocycles. The van der Waals surface area contributed by atoms with Crippen LogP contribution in [0.1, 0.15) is 64.6 Å². The standard InChI is InChI=1S/C19H27F3N2OS/c1-6-10-18(5,12(2)3)16(25)24-17(26)23-13(4)14-8-7-9-15(11-14)19(20,21)22/h7-9,11-13H,6,10H2,1-5H3,(H2,23,24,25,26). The van der Waals surface area contributed by atoms with Gasteiger partial charge in [0.05, 0.1) is 11.6 Å². The molecule has 1 rings (SSSR count). The number of halogens is 3. The van der Waals surface area contributed by atoms with Gasteiger partial charge in [0.25, 0.3) is 0 Å². The molecule has 1 amide bonds. The van der Waals surface area contributed by atoms with Gasteiger partial charge in [-0.1, -0.05) is 46.2 Å². The van der Waals surface area contributed by atoms with Gasteiger partial charge in [-0.15, -0.1) is 0 Å². The maximum atomic E-state index is 12.8. The maximum Gasteiger partial charge on any atom is 0.416 e. The highest BCUT2D eigenvalue weighted by Gasteiger charge is 2.36. The lowest BCUT2D eigenvalue weighted by molar-refractivity contribution is -0.137. The van der Waals surface area contributed by atoms with Crippen molar-refractivity contribution in [3.63, 3.8) is 0 Å². The van der Waals surface area contributed by atoms with E-state index in [9.17, 15) is 18.0 Å². The Hall–Kier alpha value is -1.63. The summed E-state index contributed by atoms with van der Waals surface area (Å²) in [7, 11) is 0. The number of benzene rings is 1. The first-order valence-corrected chi connectivity index (χ1v) is 9.11. The molecule has 26 heavy (non-hydrogen) atoms. The number of thiocarbonyl (C=S) groups is 1. The summed E-state index contributed by atoms with van der Waals surface area (Å²) in [6.07, 6.45) is -2.81. The minimum Gasteiger partial charge on any atom is -0.356 e. The molecule has 7 heteroatoms. The Morgan fingerprint density at radius 2 is 1.85 bits per heavy atom. The van der Waals surface area contributed by atoms with Gasteiger partial charge in [-0.3, -0.25) is 4.79 Å². The zero-order chi connectivity index (χ0) is 20.1. The number of carbonyl (C=O) groups excluding carboxylic acids is 1. The summed E-state index contributed by atoms with van der Waals surface area (Å²) >= 11 is 5.19. The predicted molar refractivity (Wildman–Crippen MR) is 102 cm³/mol. The number of hydrogen-bond acceptors (Lipinski definition) is 2. The van der Waals surface area contributed by atoms with Crippen molar-refractivity contribution in [3.8, 4) is 0 Å². The van der Waals surface area contributed by atoms with Gasteiger partial charge in [0.1, 0.15) is 0 Å². The second-order valence-corrected chi connectivity index (χ2v) is 7.50. The predicted octanol–water partition coefficient (Wildman–Crippen LogP) is 5.22. The van der Waals surface area contributed by atoms with Crippen molar-refractivity contribution in [1.82, 2.24) is 10.6 Å². The van der Waals surface area contributed by atoms with Gasteiger partial charge >= 0.3 is 6.18 Å². The highest BCUT2D eigenvalue weighted by Crippen LogP contribution is 2.33. The van der Waals surface area contributed by atoms with Crippen molar-refractivity contribution in [1.29, 1.82) is 0 Å². The van der Waals surface area contributed by atoms with E-state index < -0.39 is 23.2 Å². The fourth-order valence-corrected chi connectivity index (χ4v) is 3.00. The first kappa shape index (κ1) is 22.4. The highest BCUT2D eigenvalue weighted by molar-refractivity contribution is 7.80. The molecule has 0 aliphatic rings. The van der Waals surface area contributed by atoms with Crippen molar-refractivity contribution < 1.29 is 18.0 Å². The molecule has 0 radical (unpaired) electrons. The zero-order valence-corrected chi connectivity index (χ0v) is 16.6. The normalized spacial score (nSPS) is 15.3. The molecule has 3 nitrogen and oxygen atoms in total. The van der Waals surface area contributed by atoms with Crippen LogP contribution < -0.4 is 10.6 Å². The third kappa shape index (κ3) is 5.69. The molecule has 0 fully saturated rings. The summed E-state index contributed by atoms with van der Waals surface area (Å²) < 4.78 is 38.5. The molecule has 1 aromatic rings. The van der Waals surface area contributed by atoms with Gasteiger partial charge < -0.3 is 10.6 Å². The number of alkyl halides is 3. The summed E-state index contributed by atoms with van der Waals surface area (Å²) in [5.41, 5.74) is -0.828. The molecule has 2 unspecified atom stereocenters. The lowest BCUT2D eigenvalue weighted by Gasteiger charge is -2.32. The Balaban J connectivity index is 2.80. The van der Waals surface area contributed by atoms with E-state index in [0.717, 1.165) is 25.0 Å². The number of nitrogens with one attached hydrogen (secondary N) is 2. The third-order valence-corrected chi connectivity index (χ3v) is 5.07. The van der Waals surface area contributed by atoms with Gasteiger partial charge in [-0.25, -0.2) is 0 Å². The molecule has 0 spiro atoms. The van der Waals surface area contributed by atoms with Crippen LogP contribution in [0.4, 0.5) is 13.2 Å². The van der Waals surface area contributed by atoms with E-state index in [-0.39, 0.29) is 16.9 Å². The number of amides is 1. The molecular formula is C19H27F3N2OS. The van der Waals surface area contributed by atoms with Gasteiger partial charge in [0.2, 0.25) is 5.91 Å². The largest absolute Gasteiger partial charge is 0.416 e. The molecular weight excluding hydrogens is 361 g/mol. The molecule has 0 heterocycles. The molecule has 2 atom stereocenters. The first-order chi connectivity index (χ1) is 11.9. The van der Waals surface area contributed by atoms with Crippen LogP contribution in [0.25, 0.3) is 0 Å². The molecule has 0 aliphatic heterocycles. The summed E-state index contributed by atoms with van der Waals surface area (Å²) in [5, 5.41) is 5.70. The van der Waals surface area contributed by atoms with Gasteiger partial charge in [-0.05, 0) is 49.2 Å². The van der Waals surface area contributed by atoms with Crippen LogP contribution in [0.15, 0.2) is 24.3 Å². The van der Waals surface area contributed by atoms with Crippen LogP contribution in [0.2, 0.25) is 0 Å². The fraction of sp³-hybridized carbons (Fsp3) is 0.579. The highest BCUT2D eigenvalue weighted by atomic mass is 32.1. The lowest BCUT2D eigenvalue weighted by atomic mass is 9.75. The minimum atomic E-state index is -4.40. The fourth-order valence-electron chi connectivity index (χ4n) is 2.73.